The van der Waals surface area contributed by atoms with Gasteiger partial charge in [0.15, 0.2) is 0 Å². The van der Waals surface area contributed by atoms with Crippen LogP contribution >= 0.6 is 34.0 Å². The van der Waals surface area contributed by atoms with Crippen molar-refractivity contribution >= 4 is 48.9 Å². The molecule has 2 heterocycles. The minimum Gasteiger partial charge on any atom is -0.443 e. The lowest BCUT2D eigenvalue weighted by Gasteiger charge is -1.87. The van der Waals surface area contributed by atoms with E-state index in [1.165, 1.54) is 18.4 Å². The number of aromatic amines is 1. The molecule has 1 atom stereocenters. The number of rotatable bonds is 1. The number of thiazole rings is 1. The Morgan fingerprint density at radius 1 is 1.77 bits per heavy atom. The van der Waals surface area contributed by atoms with E-state index in [9.17, 15) is 4.79 Å². The van der Waals surface area contributed by atoms with Gasteiger partial charge in [-0.25, -0.2) is 4.79 Å². The third-order valence-corrected chi connectivity index (χ3v) is 4.95. The fourth-order valence-corrected chi connectivity index (χ4v) is 4.27. The van der Waals surface area contributed by atoms with Crippen molar-refractivity contribution < 1.29 is 9.53 Å². The summed E-state index contributed by atoms with van der Waals surface area (Å²) in [5.41, 5.74) is 0.948. The molecule has 6 heteroatoms. The van der Waals surface area contributed by atoms with Crippen LogP contribution in [0.2, 0.25) is 0 Å². The molecule has 2 aromatic rings. The van der Waals surface area contributed by atoms with Gasteiger partial charge in [0.2, 0.25) is 0 Å². The van der Waals surface area contributed by atoms with Crippen LogP contribution in [0.25, 0.3) is 9.53 Å². The fourth-order valence-electron chi connectivity index (χ4n) is 1.02. The van der Waals surface area contributed by atoms with Crippen molar-refractivity contribution in [3.05, 3.63) is 15.4 Å². The first-order chi connectivity index (χ1) is 6.22. The highest BCUT2D eigenvalue weighted by Gasteiger charge is 2.21. The SMILES string of the molecule is COC(=O)[s+]1ccc2[nH]c(=S)sc21. The van der Waals surface area contributed by atoms with E-state index in [1.54, 1.807) is 0 Å². The highest BCUT2D eigenvalue weighted by atomic mass is 32.2. The molecule has 0 spiro atoms. The van der Waals surface area contributed by atoms with Gasteiger partial charge in [-0.05, 0) is 18.3 Å². The molecule has 1 N–H and O–H groups in total. The quantitative estimate of drug-likeness (QED) is 0.466. The monoisotopic (exact) mass is 232 g/mol. The van der Waals surface area contributed by atoms with Crippen molar-refractivity contribution in [3.8, 4) is 0 Å². The molecule has 0 bridgehead atoms. The summed E-state index contributed by atoms with van der Waals surface area (Å²) < 4.78 is 6.37. The Kier molecular flexibility index (Phi) is 2.19. The molecule has 3 nitrogen and oxygen atoms in total. The maximum absolute atomic E-state index is 11.3. The summed E-state index contributed by atoms with van der Waals surface area (Å²) in [6.07, 6.45) is 0. The molecule has 1 unspecified atom stereocenters. The first-order valence-corrected chi connectivity index (χ1v) is 5.96. The van der Waals surface area contributed by atoms with Gasteiger partial charge in [-0.15, -0.1) is 0 Å². The number of carbonyl (C=O) groups is 1. The highest BCUT2D eigenvalue weighted by Crippen LogP contribution is 2.35. The first-order valence-electron chi connectivity index (χ1n) is 3.44. The number of H-pyrrole nitrogens is 1. The van der Waals surface area contributed by atoms with E-state index < -0.39 is 10.5 Å². The molecule has 0 amide bonds. The lowest BCUT2D eigenvalue weighted by Crippen LogP contribution is -1.88. The third-order valence-electron chi connectivity index (χ3n) is 1.56. The van der Waals surface area contributed by atoms with Crippen molar-refractivity contribution in [3.63, 3.8) is 0 Å². The van der Waals surface area contributed by atoms with Gasteiger partial charge in [0.1, 0.15) is 16.9 Å². The summed E-state index contributed by atoms with van der Waals surface area (Å²) in [6.45, 7) is 0. The normalized spacial score (nSPS) is 11.9. The van der Waals surface area contributed by atoms with E-state index in [1.807, 2.05) is 11.4 Å². The van der Waals surface area contributed by atoms with E-state index >= 15 is 0 Å². The molecule has 2 aromatic heterocycles. The zero-order valence-corrected chi connectivity index (χ0v) is 9.15. The molecular weight excluding hydrogens is 226 g/mol. The smallest absolute Gasteiger partial charge is 0.443 e. The van der Waals surface area contributed by atoms with Crippen molar-refractivity contribution in [2.45, 2.75) is 0 Å². The predicted octanol–water partition coefficient (Wildman–Crippen LogP) is 3.32. The van der Waals surface area contributed by atoms with Gasteiger partial charge >= 0.3 is 5.30 Å². The van der Waals surface area contributed by atoms with Crippen molar-refractivity contribution in [1.82, 2.24) is 4.98 Å². The molecule has 0 saturated heterocycles. The van der Waals surface area contributed by atoms with Gasteiger partial charge in [0, 0.05) is 10.5 Å². The van der Waals surface area contributed by atoms with E-state index in [2.05, 4.69) is 9.72 Å². The maximum atomic E-state index is 11.3. The van der Waals surface area contributed by atoms with E-state index in [-0.39, 0.29) is 5.30 Å². The van der Waals surface area contributed by atoms with Crippen LogP contribution in [0.4, 0.5) is 4.79 Å². The van der Waals surface area contributed by atoms with Crippen LogP contribution in [0.3, 0.4) is 0 Å². The summed E-state index contributed by atoms with van der Waals surface area (Å²) in [7, 11) is 0.849. The average molecular weight is 232 g/mol. The van der Waals surface area contributed by atoms with E-state index in [4.69, 9.17) is 12.2 Å². The number of hydrogen-bond donors (Lipinski definition) is 1. The number of fused-ring (bicyclic) bond motifs is 1. The number of hydrogen-bond acceptors (Lipinski definition) is 4. The minimum absolute atomic E-state index is 0.208. The molecule has 0 aliphatic heterocycles. The molecule has 0 aromatic carbocycles. The second-order valence-corrected chi connectivity index (χ2v) is 5.95. The van der Waals surface area contributed by atoms with Crippen molar-refractivity contribution in [2.75, 3.05) is 7.11 Å². The highest BCUT2D eigenvalue weighted by molar-refractivity contribution is 7.74. The molecule has 0 radical (unpaired) electrons. The predicted molar refractivity (Wildman–Crippen MR) is 57.3 cm³/mol. The maximum Gasteiger partial charge on any atom is 0.468 e. The van der Waals surface area contributed by atoms with Gasteiger partial charge in [-0.1, -0.05) is 0 Å². The fraction of sp³-hybridized carbons (Fsp3) is 0.143. The van der Waals surface area contributed by atoms with Gasteiger partial charge in [0.05, 0.1) is 12.5 Å². The second kappa shape index (κ2) is 3.21. The Morgan fingerprint density at radius 2 is 2.54 bits per heavy atom. The van der Waals surface area contributed by atoms with Crippen LogP contribution in [0.5, 0.6) is 0 Å². The molecule has 0 saturated carbocycles. The summed E-state index contributed by atoms with van der Waals surface area (Å²) >= 11 is 6.41. The Morgan fingerprint density at radius 3 is 3.23 bits per heavy atom. The lowest BCUT2D eigenvalue weighted by atomic mass is 10.6. The van der Waals surface area contributed by atoms with Crippen LogP contribution < -0.4 is 0 Å². The number of thiophene rings is 1. The van der Waals surface area contributed by atoms with Crippen LogP contribution in [0.15, 0.2) is 11.4 Å². The molecule has 0 aliphatic rings. The number of ether oxygens (including phenoxy) is 1. The summed E-state index contributed by atoms with van der Waals surface area (Å²) in [5.74, 6) is 0. The van der Waals surface area contributed by atoms with Crippen LogP contribution in [0.1, 0.15) is 0 Å². The van der Waals surface area contributed by atoms with Gasteiger partial charge < -0.3 is 9.72 Å². The second-order valence-electron chi connectivity index (χ2n) is 2.31. The summed E-state index contributed by atoms with van der Waals surface area (Å²) in [6, 6.07) is 1.88. The van der Waals surface area contributed by atoms with Crippen molar-refractivity contribution in [2.24, 2.45) is 0 Å². The van der Waals surface area contributed by atoms with E-state index in [0.29, 0.717) is 3.95 Å². The Bertz CT molecular complexity index is 507. The summed E-state index contributed by atoms with van der Waals surface area (Å²) in [5, 5.41) is 1.64. The van der Waals surface area contributed by atoms with E-state index in [0.717, 1.165) is 9.53 Å². The summed E-state index contributed by atoms with van der Waals surface area (Å²) in [4.78, 5) is 14.3. The third kappa shape index (κ3) is 1.41. The van der Waals surface area contributed by atoms with Gasteiger partial charge in [-0.2, -0.15) is 0 Å². The topological polar surface area (TPSA) is 42.1 Å². The zero-order chi connectivity index (χ0) is 9.42. The zero-order valence-electron chi connectivity index (χ0n) is 6.70. The van der Waals surface area contributed by atoms with Crippen LogP contribution in [-0.4, -0.2) is 17.4 Å². The molecule has 0 aliphatic carbocycles. The number of nitrogens with one attached hydrogen (secondary N) is 1. The molecule has 2 rings (SSSR count). The largest absolute Gasteiger partial charge is 0.468 e. The van der Waals surface area contributed by atoms with Crippen LogP contribution in [0, 0.1) is 3.95 Å². The molecule has 0 fully saturated rings. The Hall–Kier alpha value is -0.720. The standard InChI is InChI=1S/C7H5NO2S3/c1-10-7(9)13-3-2-4-5(13)12-6(11)8-4/h2-3H,1H3/p+1. The Balaban J connectivity index is 2.69. The molecule has 13 heavy (non-hydrogen) atoms. The molecular formula is C7H6NO2S3+. The molecule has 68 valence electrons. The number of aromatic nitrogens is 1. The van der Waals surface area contributed by atoms with Crippen LogP contribution in [-0.2, 0) is 4.74 Å². The van der Waals surface area contributed by atoms with Crippen molar-refractivity contribution in [1.29, 1.82) is 0 Å². The minimum atomic E-state index is -0.547. The Labute approximate surface area is 85.9 Å². The average Bonchev–Trinajstić information content (AvgIpc) is 2.61. The first kappa shape index (κ1) is 8.86. The lowest BCUT2D eigenvalue weighted by molar-refractivity contribution is 0.199. The van der Waals surface area contributed by atoms with Gasteiger partial charge in [0.25, 0.3) is 7.97 Å². The number of methoxy groups -OCH3 is 1. The number of carbonyl (C=O) groups excluding carboxylic acids is 1. The van der Waals surface area contributed by atoms with Gasteiger partial charge in [-0.3, -0.25) is 0 Å².